The minimum atomic E-state index is -0.673. The molecule has 0 radical (unpaired) electrons. The molecule has 6 nitrogen and oxygen atoms in total. The topological polar surface area (TPSA) is 71.1 Å². The van der Waals surface area contributed by atoms with Crippen molar-refractivity contribution in [2.75, 3.05) is 0 Å². The Morgan fingerprint density at radius 2 is 1.60 bits per heavy atom. The Hall–Kier alpha value is -0.660. The van der Waals surface area contributed by atoms with E-state index in [1.165, 1.54) is 13.8 Å². The molecule has 1 rings (SSSR count). The van der Waals surface area contributed by atoms with Crippen LogP contribution in [0.5, 0.6) is 0 Å². The minimum absolute atomic E-state index is 0.0458. The highest BCUT2D eigenvalue weighted by atomic mass is 79.9. The van der Waals surface area contributed by atoms with Crippen LogP contribution in [-0.4, -0.2) is 47.5 Å². The van der Waals surface area contributed by atoms with Crippen LogP contribution in [0.15, 0.2) is 0 Å². The van der Waals surface area contributed by atoms with Crippen LogP contribution in [0.2, 0.25) is 0 Å². The van der Waals surface area contributed by atoms with Crippen molar-refractivity contribution >= 4 is 27.9 Å². The maximum atomic E-state index is 11.3. The molecule has 1 heterocycles. The molecule has 0 aromatic rings. The SMILES string of the molecule is CC(=O)O[C@@H]1[C@@H](OC(C)=O)[C@H](Br)[C@@H](OC(C)C)O[C@H]1C. The fourth-order valence-corrected chi connectivity index (χ4v) is 2.68. The molecule has 1 aliphatic rings. The summed E-state index contributed by atoms with van der Waals surface area (Å²) in [6, 6.07) is 0. The molecule has 7 heteroatoms. The van der Waals surface area contributed by atoms with Gasteiger partial charge in [0.05, 0.1) is 12.2 Å². The van der Waals surface area contributed by atoms with Gasteiger partial charge in [-0.2, -0.15) is 0 Å². The Kier molecular flexibility index (Phi) is 6.42. The number of alkyl halides is 1. The quantitative estimate of drug-likeness (QED) is 0.567. The molecule has 0 unspecified atom stereocenters. The number of ether oxygens (including phenoxy) is 4. The zero-order valence-corrected chi connectivity index (χ0v) is 13.9. The van der Waals surface area contributed by atoms with Gasteiger partial charge in [0.15, 0.2) is 18.5 Å². The summed E-state index contributed by atoms with van der Waals surface area (Å²) in [7, 11) is 0. The highest BCUT2D eigenvalue weighted by Gasteiger charge is 2.47. The van der Waals surface area contributed by atoms with Gasteiger partial charge in [-0.3, -0.25) is 9.59 Å². The molecule has 5 atom stereocenters. The van der Waals surface area contributed by atoms with Crippen molar-refractivity contribution in [2.24, 2.45) is 0 Å². The van der Waals surface area contributed by atoms with E-state index in [-0.39, 0.29) is 6.10 Å². The molecule has 0 spiro atoms. The van der Waals surface area contributed by atoms with Crippen LogP contribution in [0.4, 0.5) is 0 Å². The van der Waals surface area contributed by atoms with E-state index in [9.17, 15) is 9.59 Å². The van der Waals surface area contributed by atoms with Gasteiger partial charge in [0.25, 0.3) is 0 Å². The highest BCUT2D eigenvalue weighted by Crippen LogP contribution is 2.31. The molecule has 20 heavy (non-hydrogen) atoms. The lowest BCUT2D eigenvalue weighted by atomic mass is 10.0. The summed E-state index contributed by atoms with van der Waals surface area (Å²) in [6.07, 6.45) is -2.41. The summed E-state index contributed by atoms with van der Waals surface area (Å²) in [5.41, 5.74) is 0. The van der Waals surface area contributed by atoms with Gasteiger partial charge >= 0.3 is 11.9 Å². The third-order valence-corrected chi connectivity index (χ3v) is 3.67. The summed E-state index contributed by atoms with van der Waals surface area (Å²) in [6.45, 7) is 8.12. The second-order valence-electron chi connectivity index (χ2n) is 4.99. The maximum absolute atomic E-state index is 11.3. The van der Waals surface area contributed by atoms with Crippen molar-refractivity contribution in [1.29, 1.82) is 0 Å². The number of rotatable bonds is 4. The van der Waals surface area contributed by atoms with Crippen molar-refractivity contribution in [2.45, 2.75) is 70.2 Å². The first-order chi connectivity index (χ1) is 9.22. The predicted molar refractivity (Wildman–Crippen MR) is 74.4 cm³/mol. The van der Waals surface area contributed by atoms with E-state index in [2.05, 4.69) is 15.9 Å². The van der Waals surface area contributed by atoms with Gasteiger partial charge in [-0.05, 0) is 20.8 Å². The molecular formula is C13H21BrO6. The van der Waals surface area contributed by atoms with Gasteiger partial charge in [0, 0.05) is 13.8 Å². The number of hydrogen-bond donors (Lipinski definition) is 0. The first-order valence-electron chi connectivity index (χ1n) is 6.51. The fraction of sp³-hybridized carbons (Fsp3) is 0.846. The Balaban J connectivity index is 2.90. The molecule has 0 saturated carbocycles. The van der Waals surface area contributed by atoms with E-state index >= 15 is 0 Å². The average molecular weight is 353 g/mol. The van der Waals surface area contributed by atoms with Crippen LogP contribution in [-0.2, 0) is 28.5 Å². The standard InChI is InChI=1S/C13H21BrO6/c1-6(2)17-13-10(14)12(20-9(5)16)11(7(3)18-13)19-8(4)15/h6-7,10-13H,1-5H3/t7-,10-,11-,12-,13-/m0/s1. The summed E-state index contributed by atoms with van der Waals surface area (Å²) in [4.78, 5) is 22.0. The summed E-state index contributed by atoms with van der Waals surface area (Å²) in [5, 5.41) is 0. The summed E-state index contributed by atoms with van der Waals surface area (Å²) < 4.78 is 21.8. The summed E-state index contributed by atoms with van der Waals surface area (Å²) >= 11 is 3.42. The van der Waals surface area contributed by atoms with E-state index in [1.807, 2.05) is 13.8 Å². The van der Waals surface area contributed by atoms with E-state index < -0.39 is 41.4 Å². The first kappa shape index (κ1) is 17.4. The molecule has 0 N–H and O–H groups in total. The van der Waals surface area contributed by atoms with E-state index in [0.717, 1.165) is 0 Å². The van der Waals surface area contributed by atoms with E-state index in [0.29, 0.717) is 0 Å². The van der Waals surface area contributed by atoms with Gasteiger partial charge in [0.2, 0.25) is 0 Å². The van der Waals surface area contributed by atoms with E-state index in [1.54, 1.807) is 6.92 Å². The first-order valence-corrected chi connectivity index (χ1v) is 7.43. The Bertz CT molecular complexity index is 359. The molecule has 1 saturated heterocycles. The maximum Gasteiger partial charge on any atom is 0.303 e. The van der Waals surface area contributed by atoms with Crippen LogP contribution in [0.3, 0.4) is 0 Å². The predicted octanol–water partition coefficient (Wildman–Crippen LogP) is 1.78. The second kappa shape index (κ2) is 7.38. The number of esters is 2. The number of carbonyl (C=O) groups excluding carboxylic acids is 2. The molecule has 116 valence electrons. The lowest BCUT2D eigenvalue weighted by molar-refractivity contribution is -0.258. The molecule has 1 fully saturated rings. The fourth-order valence-electron chi connectivity index (χ4n) is 2.02. The van der Waals surface area contributed by atoms with Crippen LogP contribution in [0.25, 0.3) is 0 Å². The van der Waals surface area contributed by atoms with Crippen molar-refractivity contribution in [3.8, 4) is 0 Å². The minimum Gasteiger partial charge on any atom is -0.457 e. The van der Waals surface area contributed by atoms with Crippen molar-refractivity contribution in [1.82, 2.24) is 0 Å². The number of halogens is 1. The summed E-state index contributed by atoms with van der Waals surface area (Å²) in [5.74, 6) is -0.903. The largest absolute Gasteiger partial charge is 0.457 e. The molecule has 0 aromatic carbocycles. The van der Waals surface area contributed by atoms with E-state index in [4.69, 9.17) is 18.9 Å². The zero-order valence-electron chi connectivity index (χ0n) is 12.3. The van der Waals surface area contributed by atoms with Crippen molar-refractivity contribution in [3.63, 3.8) is 0 Å². The molecule has 0 aliphatic carbocycles. The zero-order chi connectivity index (χ0) is 15.4. The molecular weight excluding hydrogens is 332 g/mol. The third kappa shape index (κ3) is 4.71. The van der Waals surface area contributed by atoms with Gasteiger partial charge in [-0.25, -0.2) is 0 Å². The van der Waals surface area contributed by atoms with Crippen LogP contribution < -0.4 is 0 Å². The van der Waals surface area contributed by atoms with Crippen LogP contribution in [0.1, 0.15) is 34.6 Å². The van der Waals surface area contributed by atoms with Crippen molar-refractivity contribution < 1.29 is 28.5 Å². The Labute approximate surface area is 127 Å². The Morgan fingerprint density at radius 3 is 2.05 bits per heavy atom. The second-order valence-corrected chi connectivity index (χ2v) is 6.04. The molecule has 1 aliphatic heterocycles. The molecule has 0 bridgehead atoms. The highest BCUT2D eigenvalue weighted by molar-refractivity contribution is 9.09. The van der Waals surface area contributed by atoms with Crippen LogP contribution >= 0.6 is 15.9 Å². The lowest BCUT2D eigenvalue weighted by Gasteiger charge is -2.42. The van der Waals surface area contributed by atoms with Gasteiger partial charge in [0.1, 0.15) is 4.83 Å². The Morgan fingerprint density at radius 1 is 1.10 bits per heavy atom. The normalized spacial score (nSPS) is 33.9. The van der Waals surface area contributed by atoms with Crippen molar-refractivity contribution in [3.05, 3.63) is 0 Å². The number of hydrogen-bond acceptors (Lipinski definition) is 6. The molecule has 0 aromatic heterocycles. The van der Waals surface area contributed by atoms with Gasteiger partial charge in [-0.1, -0.05) is 15.9 Å². The number of carbonyl (C=O) groups is 2. The lowest BCUT2D eigenvalue weighted by Crippen LogP contribution is -2.58. The molecule has 0 amide bonds. The van der Waals surface area contributed by atoms with Crippen LogP contribution in [0, 0.1) is 0 Å². The smallest absolute Gasteiger partial charge is 0.303 e. The van der Waals surface area contributed by atoms with Gasteiger partial charge in [-0.15, -0.1) is 0 Å². The average Bonchev–Trinajstić information content (AvgIpc) is 2.28. The monoisotopic (exact) mass is 352 g/mol. The van der Waals surface area contributed by atoms with Gasteiger partial charge < -0.3 is 18.9 Å². The third-order valence-electron chi connectivity index (χ3n) is 2.72.